The molecular formula is C14H20ClN3. The lowest BCUT2D eigenvalue weighted by atomic mass is 9.49. The molecule has 3 nitrogen and oxygen atoms in total. The quantitative estimate of drug-likeness (QED) is 0.891. The lowest BCUT2D eigenvalue weighted by molar-refractivity contribution is -0.0632. The molecule has 0 amide bonds. The third-order valence-electron chi connectivity index (χ3n) is 5.48. The summed E-state index contributed by atoms with van der Waals surface area (Å²) in [7, 11) is 0. The van der Waals surface area contributed by atoms with Gasteiger partial charge in [0.15, 0.2) is 0 Å². The summed E-state index contributed by atoms with van der Waals surface area (Å²) >= 11 is 6.01. The van der Waals surface area contributed by atoms with Crippen LogP contribution in [-0.4, -0.2) is 9.78 Å². The van der Waals surface area contributed by atoms with Gasteiger partial charge in [-0.05, 0) is 61.7 Å². The van der Waals surface area contributed by atoms with Gasteiger partial charge in [-0.15, -0.1) is 0 Å². The van der Waals surface area contributed by atoms with Crippen LogP contribution in [0.25, 0.3) is 0 Å². The minimum absolute atomic E-state index is 0.470. The molecule has 0 radical (unpaired) electrons. The number of halogens is 1. The van der Waals surface area contributed by atoms with Gasteiger partial charge in [0, 0.05) is 6.54 Å². The normalized spacial score (nSPS) is 41.5. The fraction of sp³-hybridized carbons (Fsp3) is 0.786. The molecule has 4 aliphatic rings. The van der Waals surface area contributed by atoms with Crippen LogP contribution in [0.15, 0.2) is 6.20 Å². The Morgan fingerprint density at radius 3 is 2.22 bits per heavy atom. The zero-order valence-electron chi connectivity index (χ0n) is 10.6. The molecular weight excluding hydrogens is 246 g/mol. The van der Waals surface area contributed by atoms with Gasteiger partial charge in [0.05, 0.1) is 6.20 Å². The van der Waals surface area contributed by atoms with Crippen molar-refractivity contribution < 1.29 is 0 Å². The number of anilines is 1. The van der Waals surface area contributed by atoms with Crippen molar-refractivity contribution in [2.45, 2.75) is 45.1 Å². The minimum atomic E-state index is 0.470. The summed E-state index contributed by atoms with van der Waals surface area (Å²) in [6.07, 6.45) is 10.3. The predicted octanol–water partition coefficient (Wildman–Crippen LogP) is 3.34. The Morgan fingerprint density at radius 2 is 1.78 bits per heavy atom. The summed E-state index contributed by atoms with van der Waals surface area (Å²) in [5.41, 5.74) is 6.47. The van der Waals surface area contributed by atoms with Crippen LogP contribution in [-0.2, 0) is 6.54 Å². The predicted molar refractivity (Wildman–Crippen MR) is 72.3 cm³/mol. The number of nitrogen functional groups attached to an aromatic ring is 1. The van der Waals surface area contributed by atoms with Crippen molar-refractivity contribution in [2.75, 3.05) is 5.73 Å². The molecule has 98 valence electrons. The molecule has 0 unspecified atom stereocenters. The summed E-state index contributed by atoms with van der Waals surface area (Å²) in [4.78, 5) is 0. The second kappa shape index (κ2) is 3.66. The van der Waals surface area contributed by atoms with Crippen molar-refractivity contribution in [3.63, 3.8) is 0 Å². The highest BCUT2D eigenvalue weighted by Crippen LogP contribution is 2.60. The first-order valence-corrected chi connectivity index (χ1v) is 7.48. The number of hydrogen-bond donors (Lipinski definition) is 1. The molecule has 4 aliphatic carbocycles. The Hall–Kier alpha value is -0.700. The average molecular weight is 266 g/mol. The van der Waals surface area contributed by atoms with E-state index < -0.39 is 0 Å². The lowest BCUT2D eigenvalue weighted by Crippen LogP contribution is -2.48. The molecule has 0 aliphatic heterocycles. The molecule has 0 spiro atoms. The fourth-order valence-corrected chi connectivity index (χ4v) is 5.44. The van der Waals surface area contributed by atoms with Crippen molar-refractivity contribution in [1.82, 2.24) is 9.78 Å². The molecule has 5 rings (SSSR count). The van der Waals surface area contributed by atoms with E-state index in [1.165, 1.54) is 38.5 Å². The molecule has 2 N–H and O–H groups in total. The summed E-state index contributed by atoms with van der Waals surface area (Å²) in [5, 5.41) is 4.95. The summed E-state index contributed by atoms with van der Waals surface area (Å²) < 4.78 is 1.94. The van der Waals surface area contributed by atoms with Crippen LogP contribution in [0.2, 0.25) is 5.02 Å². The summed E-state index contributed by atoms with van der Waals surface area (Å²) in [6, 6.07) is 0. The van der Waals surface area contributed by atoms with Crippen LogP contribution in [0.4, 0.5) is 5.82 Å². The molecule has 1 heterocycles. The van der Waals surface area contributed by atoms with Crippen molar-refractivity contribution in [2.24, 2.45) is 23.2 Å². The fourth-order valence-electron chi connectivity index (χ4n) is 5.30. The van der Waals surface area contributed by atoms with Crippen molar-refractivity contribution in [3.05, 3.63) is 11.2 Å². The molecule has 0 saturated heterocycles. The van der Waals surface area contributed by atoms with Crippen LogP contribution in [0.5, 0.6) is 0 Å². The van der Waals surface area contributed by atoms with Gasteiger partial charge in [0.2, 0.25) is 0 Å². The van der Waals surface area contributed by atoms with Gasteiger partial charge in [-0.2, -0.15) is 5.10 Å². The second-order valence-electron chi connectivity index (χ2n) is 6.95. The first-order valence-electron chi connectivity index (χ1n) is 7.10. The van der Waals surface area contributed by atoms with Gasteiger partial charge < -0.3 is 5.73 Å². The van der Waals surface area contributed by atoms with Crippen LogP contribution in [0.3, 0.4) is 0 Å². The molecule has 1 aromatic rings. The van der Waals surface area contributed by atoms with Crippen LogP contribution in [0, 0.1) is 23.2 Å². The largest absolute Gasteiger partial charge is 0.383 e. The average Bonchev–Trinajstić information content (AvgIpc) is 2.58. The number of nitrogens with zero attached hydrogens (tertiary/aromatic N) is 2. The van der Waals surface area contributed by atoms with E-state index in [-0.39, 0.29) is 0 Å². The van der Waals surface area contributed by atoms with E-state index in [4.69, 9.17) is 17.3 Å². The van der Waals surface area contributed by atoms with E-state index in [1.54, 1.807) is 6.20 Å². The topological polar surface area (TPSA) is 43.8 Å². The molecule has 18 heavy (non-hydrogen) atoms. The van der Waals surface area contributed by atoms with E-state index in [2.05, 4.69) is 5.10 Å². The van der Waals surface area contributed by atoms with Gasteiger partial charge in [-0.1, -0.05) is 11.6 Å². The van der Waals surface area contributed by atoms with Gasteiger partial charge in [0.1, 0.15) is 10.8 Å². The van der Waals surface area contributed by atoms with Gasteiger partial charge >= 0.3 is 0 Å². The van der Waals surface area contributed by atoms with Crippen molar-refractivity contribution in [3.8, 4) is 0 Å². The Balaban J connectivity index is 1.62. The van der Waals surface area contributed by atoms with Crippen LogP contribution < -0.4 is 5.73 Å². The Labute approximate surface area is 113 Å². The molecule has 4 saturated carbocycles. The van der Waals surface area contributed by atoms with Crippen LogP contribution >= 0.6 is 11.6 Å². The molecule has 0 aromatic carbocycles. The van der Waals surface area contributed by atoms with Gasteiger partial charge in [-0.3, -0.25) is 0 Å². The SMILES string of the molecule is Nc1c(Cl)cnn1CC12CC3CC(CC(C3)C1)C2. The molecule has 0 atom stereocenters. The molecule has 4 heteroatoms. The number of rotatable bonds is 2. The van der Waals surface area contributed by atoms with Gasteiger partial charge in [-0.25, -0.2) is 4.68 Å². The maximum absolute atomic E-state index is 6.01. The highest BCUT2D eigenvalue weighted by atomic mass is 35.5. The van der Waals surface area contributed by atoms with E-state index in [1.807, 2.05) is 4.68 Å². The maximum Gasteiger partial charge on any atom is 0.140 e. The second-order valence-corrected chi connectivity index (χ2v) is 7.36. The Morgan fingerprint density at radius 1 is 1.22 bits per heavy atom. The monoisotopic (exact) mass is 265 g/mol. The minimum Gasteiger partial charge on any atom is -0.383 e. The van der Waals surface area contributed by atoms with E-state index in [0.29, 0.717) is 16.3 Å². The Bertz CT molecular complexity index is 444. The number of nitrogens with two attached hydrogens (primary N) is 1. The zero-order chi connectivity index (χ0) is 12.3. The van der Waals surface area contributed by atoms with Crippen molar-refractivity contribution in [1.29, 1.82) is 0 Å². The summed E-state index contributed by atoms with van der Waals surface area (Å²) in [6.45, 7) is 0.981. The molecule has 4 fully saturated rings. The highest BCUT2D eigenvalue weighted by molar-refractivity contribution is 6.32. The van der Waals surface area contributed by atoms with E-state index in [9.17, 15) is 0 Å². The zero-order valence-corrected chi connectivity index (χ0v) is 11.4. The lowest BCUT2D eigenvalue weighted by Gasteiger charge is -2.56. The first-order chi connectivity index (χ1) is 8.63. The smallest absolute Gasteiger partial charge is 0.140 e. The standard InChI is InChI=1S/C14H20ClN3/c15-12-7-17-18(13(12)16)8-14-4-9-1-10(5-14)3-11(2-9)6-14/h7,9-11H,1-6,8,16H2. The third kappa shape index (κ3) is 1.59. The van der Waals surface area contributed by atoms with E-state index in [0.717, 1.165) is 24.3 Å². The van der Waals surface area contributed by atoms with Gasteiger partial charge in [0.25, 0.3) is 0 Å². The first kappa shape index (κ1) is 11.2. The van der Waals surface area contributed by atoms with Crippen molar-refractivity contribution >= 4 is 17.4 Å². The van der Waals surface area contributed by atoms with Crippen LogP contribution in [0.1, 0.15) is 38.5 Å². The Kier molecular flexibility index (Phi) is 2.27. The summed E-state index contributed by atoms with van der Waals surface area (Å²) in [5.74, 6) is 3.57. The highest BCUT2D eigenvalue weighted by Gasteiger charge is 2.51. The maximum atomic E-state index is 6.01. The molecule has 1 aromatic heterocycles. The van der Waals surface area contributed by atoms with E-state index >= 15 is 0 Å². The molecule has 4 bridgehead atoms. The number of aromatic nitrogens is 2. The third-order valence-corrected chi connectivity index (χ3v) is 5.77. The number of hydrogen-bond acceptors (Lipinski definition) is 2.